The van der Waals surface area contributed by atoms with Crippen LogP contribution < -0.4 is 16.4 Å². The van der Waals surface area contributed by atoms with Gasteiger partial charge in [0.2, 0.25) is 11.9 Å². The fourth-order valence-corrected chi connectivity index (χ4v) is 5.41. The molecular formula is C19H23N7S. The van der Waals surface area contributed by atoms with Gasteiger partial charge in [0.25, 0.3) is 0 Å². The van der Waals surface area contributed by atoms with Crippen molar-refractivity contribution in [1.29, 1.82) is 0 Å². The maximum absolute atomic E-state index is 6.36. The number of nitrogens with zero attached hydrogens (tertiary/aromatic N) is 5. The average molecular weight is 382 g/mol. The lowest BCUT2D eigenvalue weighted by Gasteiger charge is -2.45. The van der Waals surface area contributed by atoms with Crippen molar-refractivity contribution in [3.05, 3.63) is 35.2 Å². The van der Waals surface area contributed by atoms with Crippen LogP contribution in [0.3, 0.4) is 0 Å². The third kappa shape index (κ3) is 2.70. The van der Waals surface area contributed by atoms with E-state index in [0.717, 1.165) is 55.2 Å². The molecule has 0 amide bonds. The van der Waals surface area contributed by atoms with Crippen molar-refractivity contribution in [2.24, 2.45) is 26.4 Å². The second-order valence-electron chi connectivity index (χ2n) is 7.31. The number of hydrogen-bond donors (Lipinski definition) is 2. The number of amidine groups is 1. The van der Waals surface area contributed by atoms with E-state index in [2.05, 4.69) is 49.5 Å². The third-order valence-electron chi connectivity index (χ3n) is 5.62. The summed E-state index contributed by atoms with van der Waals surface area (Å²) in [6.07, 6.45) is 5.35. The molecule has 1 fully saturated rings. The Morgan fingerprint density at radius 1 is 1.11 bits per heavy atom. The Bertz CT molecular complexity index is 895. The minimum atomic E-state index is -0.411. The second-order valence-corrected chi connectivity index (χ2v) is 8.14. The summed E-state index contributed by atoms with van der Waals surface area (Å²) in [6.45, 7) is 1.80. The van der Waals surface area contributed by atoms with Gasteiger partial charge in [-0.2, -0.15) is 4.99 Å². The van der Waals surface area contributed by atoms with Crippen molar-refractivity contribution in [2.75, 3.05) is 18.0 Å². The van der Waals surface area contributed by atoms with Gasteiger partial charge < -0.3 is 16.4 Å². The first kappa shape index (κ1) is 16.7. The highest BCUT2D eigenvalue weighted by Gasteiger charge is 2.42. The molecule has 27 heavy (non-hydrogen) atoms. The molecule has 1 saturated carbocycles. The Hall–Kier alpha value is -2.48. The summed E-state index contributed by atoms with van der Waals surface area (Å²) in [7, 11) is 0. The molecule has 4 N–H and O–H groups in total. The largest absolute Gasteiger partial charge is 0.369 e. The zero-order valence-electron chi connectivity index (χ0n) is 15.1. The number of thioether (sulfide) groups is 1. The summed E-state index contributed by atoms with van der Waals surface area (Å²) in [6, 6.07) is 8.48. The molecule has 0 unspecified atom stereocenters. The Kier molecular flexibility index (Phi) is 3.89. The van der Waals surface area contributed by atoms with Crippen molar-refractivity contribution >= 4 is 40.2 Å². The minimum absolute atomic E-state index is 0.287. The lowest BCUT2D eigenvalue weighted by Crippen LogP contribution is -2.58. The van der Waals surface area contributed by atoms with Crippen LogP contribution in [0.4, 0.5) is 5.69 Å². The zero-order chi connectivity index (χ0) is 18.4. The fraction of sp³-hybridized carbons (Fsp3) is 0.421. The predicted octanol–water partition coefficient (Wildman–Crippen LogP) is 2.51. The molecule has 7 nitrogen and oxygen atoms in total. The number of fused-ring (bicyclic) bond motifs is 1. The molecule has 1 spiro atoms. The monoisotopic (exact) mass is 381 g/mol. The van der Waals surface area contributed by atoms with Crippen LogP contribution in [-0.4, -0.2) is 40.7 Å². The van der Waals surface area contributed by atoms with Crippen LogP contribution in [0, 0.1) is 0 Å². The van der Waals surface area contributed by atoms with Gasteiger partial charge >= 0.3 is 0 Å². The molecule has 0 saturated heterocycles. The molecule has 1 aliphatic carbocycles. The van der Waals surface area contributed by atoms with E-state index in [0.29, 0.717) is 5.96 Å². The van der Waals surface area contributed by atoms with Gasteiger partial charge in [0.1, 0.15) is 5.66 Å². The fourth-order valence-electron chi connectivity index (χ4n) is 4.45. The van der Waals surface area contributed by atoms with Crippen LogP contribution in [0.25, 0.3) is 5.70 Å². The number of anilines is 1. The van der Waals surface area contributed by atoms with Crippen molar-refractivity contribution < 1.29 is 0 Å². The van der Waals surface area contributed by atoms with Gasteiger partial charge in [-0.3, -0.25) is 9.89 Å². The molecule has 0 aromatic heterocycles. The SMILES string of the molecule is NC1=NC2(CCCCC2)N(c2cccc(C3=CSC4=NCCN34)c2)C(N)=N1. The minimum Gasteiger partial charge on any atom is -0.369 e. The predicted molar refractivity (Wildman–Crippen MR) is 113 cm³/mol. The molecule has 140 valence electrons. The van der Waals surface area contributed by atoms with Gasteiger partial charge in [-0.15, -0.1) is 0 Å². The molecular weight excluding hydrogens is 358 g/mol. The van der Waals surface area contributed by atoms with Gasteiger partial charge in [-0.25, -0.2) is 4.99 Å². The highest BCUT2D eigenvalue weighted by molar-refractivity contribution is 8.16. The van der Waals surface area contributed by atoms with E-state index >= 15 is 0 Å². The zero-order valence-corrected chi connectivity index (χ0v) is 16.0. The number of aliphatic imine (C=N–C) groups is 3. The number of hydrogen-bond acceptors (Lipinski definition) is 8. The van der Waals surface area contributed by atoms with E-state index in [9.17, 15) is 0 Å². The van der Waals surface area contributed by atoms with Crippen LogP contribution in [0.15, 0.2) is 44.7 Å². The summed E-state index contributed by atoms with van der Waals surface area (Å²) in [5.41, 5.74) is 15.3. The lowest BCUT2D eigenvalue weighted by molar-refractivity contribution is 0.305. The molecule has 3 heterocycles. The topological polar surface area (TPSA) is 95.6 Å². The van der Waals surface area contributed by atoms with Gasteiger partial charge in [0.15, 0.2) is 5.17 Å². The average Bonchev–Trinajstić information content (AvgIpc) is 3.25. The van der Waals surface area contributed by atoms with E-state index in [1.165, 1.54) is 12.1 Å². The van der Waals surface area contributed by atoms with Crippen molar-refractivity contribution in [3.8, 4) is 0 Å². The van der Waals surface area contributed by atoms with E-state index in [4.69, 9.17) is 16.5 Å². The summed E-state index contributed by atoms with van der Waals surface area (Å²) in [5, 5.41) is 3.27. The van der Waals surface area contributed by atoms with Crippen molar-refractivity contribution in [2.45, 2.75) is 37.8 Å². The quantitative estimate of drug-likeness (QED) is 0.821. The van der Waals surface area contributed by atoms with Gasteiger partial charge in [0, 0.05) is 23.2 Å². The third-order valence-corrected chi connectivity index (χ3v) is 6.52. The van der Waals surface area contributed by atoms with Crippen LogP contribution in [0.5, 0.6) is 0 Å². The van der Waals surface area contributed by atoms with Gasteiger partial charge in [-0.1, -0.05) is 30.3 Å². The maximum Gasteiger partial charge on any atom is 0.220 e. The normalized spacial score (nSPS) is 23.7. The number of guanidine groups is 2. The molecule has 8 heteroatoms. The van der Waals surface area contributed by atoms with E-state index in [1.807, 2.05) is 0 Å². The van der Waals surface area contributed by atoms with E-state index in [1.54, 1.807) is 11.8 Å². The highest BCUT2D eigenvalue weighted by Crippen LogP contribution is 2.41. The Morgan fingerprint density at radius 2 is 1.96 bits per heavy atom. The van der Waals surface area contributed by atoms with Gasteiger partial charge in [-0.05, 0) is 37.8 Å². The Balaban J connectivity index is 1.54. The number of nitrogens with two attached hydrogens (primary N) is 2. The second kappa shape index (κ2) is 6.30. The molecule has 0 bridgehead atoms. The Labute approximate surface area is 162 Å². The van der Waals surface area contributed by atoms with E-state index in [-0.39, 0.29) is 5.96 Å². The number of benzene rings is 1. The molecule has 0 radical (unpaired) electrons. The molecule has 0 atom stereocenters. The van der Waals surface area contributed by atoms with Crippen molar-refractivity contribution in [1.82, 2.24) is 4.90 Å². The maximum atomic E-state index is 6.36. The van der Waals surface area contributed by atoms with Crippen molar-refractivity contribution in [3.63, 3.8) is 0 Å². The first-order valence-electron chi connectivity index (χ1n) is 9.45. The first-order valence-corrected chi connectivity index (χ1v) is 10.3. The molecule has 1 aromatic carbocycles. The highest BCUT2D eigenvalue weighted by atomic mass is 32.2. The summed E-state index contributed by atoms with van der Waals surface area (Å²) in [4.78, 5) is 18.0. The van der Waals surface area contributed by atoms with Crippen LogP contribution in [-0.2, 0) is 0 Å². The lowest BCUT2D eigenvalue weighted by atomic mass is 9.87. The molecule has 1 aromatic rings. The van der Waals surface area contributed by atoms with Crippen LogP contribution in [0.2, 0.25) is 0 Å². The van der Waals surface area contributed by atoms with Crippen LogP contribution >= 0.6 is 11.8 Å². The summed E-state index contributed by atoms with van der Waals surface area (Å²) in [5.74, 6) is 0.717. The van der Waals surface area contributed by atoms with Crippen LogP contribution in [0.1, 0.15) is 37.7 Å². The summed E-state index contributed by atoms with van der Waals surface area (Å²) >= 11 is 1.69. The molecule has 5 rings (SSSR count). The number of rotatable bonds is 2. The molecule has 3 aliphatic heterocycles. The molecule has 4 aliphatic rings. The smallest absolute Gasteiger partial charge is 0.220 e. The summed E-state index contributed by atoms with van der Waals surface area (Å²) < 4.78 is 0. The van der Waals surface area contributed by atoms with Gasteiger partial charge in [0.05, 0.1) is 12.2 Å². The standard InChI is InChI=1S/C19H23N7S/c20-16-23-17(21)26(19(24-16)7-2-1-3-8-19)14-6-4-5-13(11-14)15-12-27-18-22-9-10-25(15)18/h4-6,11-12H,1-3,7-10H2,(H4,20,21,23,24). The Morgan fingerprint density at radius 3 is 2.81 bits per heavy atom. The first-order chi connectivity index (χ1) is 13.2. The van der Waals surface area contributed by atoms with E-state index < -0.39 is 5.66 Å².